The standard InChI is InChI=1S/C17H13ClO2/c18-16-13-7-3-1-5-11(13)15(17-19-9-10-20-17)12-6-2-4-8-14(12)16/h1-8,17H,9-10H2. The van der Waals surface area contributed by atoms with Crippen LogP contribution in [0.25, 0.3) is 21.5 Å². The second kappa shape index (κ2) is 4.74. The van der Waals surface area contributed by atoms with Crippen LogP contribution < -0.4 is 0 Å². The Bertz CT molecular complexity index is 734. The van der Waals surface area contributed by atoms with E-state index in [2.05, 4.69) is 12.1 Å². The number of ether oxygens (including phenoxy) is 2. The van der Waals surface area contributed by atoms with Gasteiger partial charge in [0.05, 0.1) is 18.2 Å². The van der Waals surface area contributed by atoms with E-state index < -0.39 is 0 Å². The Labute approximate surface area is 121 Å². The number of benzene rings is 3. The molecule has 3 aromatic carbocycles. The fraction of sp³-hybridized carbons (Fsp3) is 0.176. The first kappa shape index (κ1) is 12.2. The van der Waals surface area contributed by atoms with Crippen molar-refractivity contribution in [3.8, 4) is 0 Å². The third-order valence-corrected chi connectivity index (χ3v) is 4.17. The first-order valence-electron chi connectivity index (χ1n) is 6.68. The zero-order valence-electron chi connectivity index (χ0n) is 10.8. The van der Waals surface area contributed by atoms with Crippen LogP contribution in [0.3, 0.4) is 0 Å². The van der Waals surface area contributed by atoms with Crippen LogP contribution in [-0.4, -0.2) is 13.2 Å². The molecule has 0 N–H and O–H groups in total. The molecule has 0 saturated carbocycles. The van der Waals surface area contributed by atoms with Crippen LogP contribution in [0, 0.1) is 0 Å². The monoisotopic (exact) mass is 284 g/mol. The average Bonchev–Trinajstić information content (AvgIpc) is 3.02. The number of hydrogen-bond donors (Lipinski definition) is 0. The summed E-state index contributed by atoms with van der Waals surface area (Å²) in [6.45, 7) is 1.27. The molecule has 0 unspecified atom stereocenters. The van der Waals surface area contributed by atoms with Crippen molar-refractivity contribution in [3.05, 3.63) is 59.1 Å². The second-order valence-electron chi connectivity index (χ2n) is 4.89. The second-order valence-corrected chi connectivity index (χ2v) is 5.27. The molecule has 3 heteroatoms. The van der Waals surface area contributed by atoms with Gasteiger partial charge in [-0.25, -0.2) is 0 Å². The highest BCUT2D eigenvalue weighted by Gasteiger charge is 2.24. The van der Waals surface area contributed by atoms with Crippen LogP contribution >= 0.6 is 11.6 Å². The van der Waals surface area contributed by atoms with Crippen LogP contribution in [0.5, 0.6) is 0 Å². The number of hydrogen-bond acceptors (Lipinski definition) is 2. The zero-order chi connectivity index (χ0) is 13.5. The topological polar surface area (TPSA) is 18.5 Å². The van der Waals surface area contributed by atoms with Gasteiger partial charge in [-0.2, -0.15) is 0 Å². The lowest BCUT2D eigenvalue weighted by Crippen LogP contribution is -2.01. The molecule has 0 amide bonds. The maximum atomic E-state index is 6.57. The van der Waals surface area contributed by atoms with E-state index in [1.165, 1.54) is 0 Å². The minimum atomic E-state index is -0.304. The fourth-order valence-corrected chi connectivity index (χ4v) is 3.22. The van der Waals surface area contributed by atoms with E-state index in [9.17, 15) is 0 Å². The molecular formula is C17H13ClO2. The number of rotatable bonds is 1. The molecular weight excluding hydrogens is 272 g/mol. The first-order chi connectivity index (χ1) is 9.86. The Hall–Kier alpha value is -1.61. The van der Waals surface area contributed by atoms with E-state index in [0.29, 0.717) is 13.2 Å². The molecule has 0 aliphatic carbocycles. The normalized spacial score (nSPS) is 16.2. The summed E-state index contributed by atoms with van der Waals surface area (Å²) < 4.78 is 11.5. The average molecular weight is 285 g/mol. The largest absolute Gasteiger partial charge is 0.346 e. The summed E-state index contributed by atoms with van der Waals surface area (Å²) in [7, 11) is 0. The number of fused-ring (bicyclic) bond motifs is 2. The van der Waals surface area contributed by atoms with Gasteiger partial charge in [-0.1, -0.05) is 60.1 Å². The van der Waals surface area contributed by atoms with Crippen molar-refractivity contribution in [3.63, 3.8) is 0 Å². The van der Waals surface area contributed by atoms with Gasteiger partial charge in [0, 0.05) is 16.3 Å². The predicted molar refractivity (Wildman–Crippen MR) is 81.1 cm³/mol. The van der Waals surface area contributed by atoms with Gasteiger partial charge in [0.2, 0.25) is 0 Å². The summed E-state index contributed by atoms with van der Waals surface area (Å²) in [5, 5.41) is 5.08. The molecule has 1 aliphatic heterocycles. The smallest absolute Gasteiger partial charge is 0.185 e. The molecule has 0 radical (unpaired) electrons. The summed E-state index contributed by atoms with van der Waals surface area (Å²) in [5.41, 5.74) is 1.08. The van der Waals surface area contributed by atoms with E-state index >= 15 is 0 Å². The van der Waals surface area contributed by atoms with Crippen molar-refractivity contribution < 1.29 is 9.47 Å². The minimum absolute atomic E-state index is 0.304. The molecule has 20 heavy (non-hydrogen) atoms. The van der Waals surface area contributed by atoms with Gasteiger partial charge in [0.1, 0.15) is 0 Å². The lowest BCUT2D eigenvalue weighted by Gasteiger charge is -2.17. The van der Waals surface area contributed by atoms with Gasteiger partial charge < -0.3 is 9.47 Å². The quantitative estimate of drug-likeness (QED) is 0.604. The molecule has 100 valence electrons. The van der Waals surface area contributed by atoms with Crippen molar-refractivity contribution in [2.24, 2.45) is 0 Å². The summed E-state index contributed by atoms with van der Waals surface area (Å²) in [6.07, 6.45) is -0.304. The van der Waals surface area contributed by atoms with E-state index in [0.717, 1.165) is 32.1 Å². The van der Waals surface area contributed by atoms with Gasteiger partial charge in [-0.3, -0.25) is 0 Å². The molecule has 0 spiro atoms. The summed E-state index contributed by atoms with van der Waals surface area (Å²) >= 11 is 6.57. The van der Waals surface area contributed by atoms with Crippen molar-refractivity contribution in [2.45, 2.75) is 6.29 Å². The maximum absolute atomic E-state index is 6.57. The van der Waals surface area contributed by atoms with Crippen LogP contribution in [0.1, 0.15) is 11.9 Å². The van der Waals surface area contributed by atoms with Crippen molar-refractivity contribution in [1.82, 2.24) is 0 Å². The molecule has 1 aliphatic rings. The Morgan fingerprint density at radius 3 is 1.70 bits per heavy atom. The van der Waals surface area contributed by atoms with Gasteiger partial charge in [0.15, 0.2) is 6.29 Å². The Balaban J connectivity index is 2.18. The summed E-state index contributed by atoms with van der Waals surface area (Å²) in [5.74, 6) is 0. The van der Waals surface area contributed by atoms with Crippen LogP contribution in [0.2, 0.25) is 5.02 Å². The molecule has 0 aromatic heterocycles. The maximum Gasteiger partial charge on any atom is 0.185 e. The van der Waals surface area contributed by atoms with E-state index in [-0.39, 0.29) is 6.29 Å². The van der Waals surface area contributed by atoms with Crippen molar-refractivity contribution in [2.75, 3.05) is 13.2 Å². The van der Waals surface area contributed by atoms with E-state index in [1.54, 1.807) is 0 Å². The third-order valence-electron chi connectivity index (χ3n) is 3.76. The van der Waals surface area contributed by atoms with Gasteiger partial charge in [0.25, 0.3) is 0 Å². The Morgan fingerprint density at radius 2 is 1.20 bits per heavy atom. The van der Waals surface area contributed by atoms with Crippen LogP contribution in [0.4, 0.5) is 0 Å². The zero-order valence-corrected chi connectivity index (χ0v) is 11.6. The van der Waals surface area contributed by atoms with E-state index in [4.69, 9.17) is 21.1 Å². The summed E-state index contributed by atoms with van der Waals surface area (Å²) in [4.78, 5) is 0. The van der Waals surface area contributed by atoms with Crippen molar-refractivity contribution >= 4 is 33.1 Å². The molecule has 1 saturated heterocycles. The van der Waals surface area contributed by atoms with Gasteiger partial charge >= 0.3 is 0 Å². The highest BCUT2D eigenvalue weighted by molar-refractivity contribution is 6.41. The van der Waals surface area contributed by atoms with Crippen LogP contribution in [-0.2, 0) is 9.47 Å². The third kappa shape index (κ3) is 1.73. The first-order valence-corrected chi connectivity index (χ1v) is 7.06. The highest BCUT2D eigenvalue weighted by atomic mass is 35.5. The molecule has 3 aromatic rings. The Kier molecular flexibility index (Phi) is 2.88. The molecule has 2 nitrogen and oxygen atoms in total. The molecule has 1 fully saturated rings. The molecule has 0 bridgehead atoms. The number of halogens is 1. The van der Waals surface area contributed by atoms with E-state index in [1.807, 2.05) is 36.4 Å². The van der Waals surface area contributed by atoms with Gasteiger partial charge in [-0.05, 0) is 10.8 Å². The predicted octanol–water partition coefficient (Wildman–Crippen LogP) is 4.69. The SMILES string of the molecule is Clc1c2ccccc2c(C2OCCO2)c2ccccc12. The Morgan fingerprint density at radius 1 is 0.750 bits per heavy atom. The highest BCUT2D eigenvalue weighted by Crippen LogP contribution is 2.40. The fourth-order valence-electron chi connectivity index (χ4n) is 2.89. The molecule has 0 atom stereocenters. The van der Waals surface area contributed by atoms with Gasteiger partial charge in [-0.15, -0.1) is 0 Å². The van der Waals surface area contributed by atoms with Crippen molar-refractivity contribution in [1.29, 1.82) is 0 Å². The molecule has 1 heterocycles. The van der Waals surface area contributed by atoms with Crippen LogP contribution in [0.15, 0.2) is 48.5 Å². The molecule has 4 rings (SSSR count). The minimum Gasteiger partial charge on any atom is -0.346 e. The lowest BCUT2D eigenvalue weighted by molar-refractivity contribution is -0.0419. The lowest BCUT2D eigenvalue weighted by atomic mass is 9.96. The summed E-state index contributed by atoms with van der Waals surface area (Å²) in [6, 6.07) is 16.3.